The molecule has 1 aromatic heterocycles. The summed E-state index contributed by atoms with van der Waals surface area (Å²) in [6.07, 6.45) is 1.18. The maximum absolute atomic E-state index is 11.1. The summed E-state index contributed by atoms with van der Waals surface area (Å²) in [5.41, 5.74) is 10.4. The van der Waals surface area contributed by atoms with Crippen LogP contribution in [0.1, 0.15) is 37.6 Å². The maximum Gasteiger partial charge on any atom is 0.238 e. The lowest BCUT2D eigenvalue weighted by Crippen LogP contribution is -2.26. The largest absolute Gasteiger partial charge is 0.422 e. The van der Waals surface area contributed by atoms with E-state index in [9.17, 15) is 9.59 Å². The Balaban J connectivity index is 2.74. The third-order valence-corrected chi connectivity index (χ3v) is 2.18. The van der Waals surface area contributed by atoms with Gasteiger partial charge in [-0.3, -0.25) is 9.59 Å². The van der Waals surface area contributed by atoms with Gasteiger partial charge in [0, 0.05) is 6.92 Å². The van der Waals surface area contributed by atoms with Gasteiger partial charge < -0.3 is 21.2 Å². The molecule has 2 amide bonds. The fourth-order valence-electron chi connectivity index (χ4n) is 1.45. The van der Waals surface area contributed by atoms with Gasteiger partial charge in [0.2, 0.25) is 23.6 Å². The second-order valence-electron chi connectivity index (χ2n) is 3.86. The first-order valence-corrected chi connectivity index (χ1v) is 5.60. The minimum absolute atomic E-state index is 0.114. The molecule has 1 atom stereocenters. The lowest BCUT2D eigenvalue weighted by molar-refractivity contribution is -0.120. The molecule has 0 bridgehead atoms. The Kier molecular flexibility index (Phi) is 5.25. The van der Waals surface area contributed by atoms with Gasteiger partial charge >= 0.3 is 0 Å². The molecule has 0 saturated carbocycles. The van der Waals surface area contributed by atoms with Gasteiger partial charge in [-0.05, 0) is 19.4 Å². The molecule has 0 fully saturated rings. The van der Waals surface area contributed by atoms with Gasteiger partial charge in [-0.1, -0.05) is 0 Å². The van der Waals surface area contributed by atoms with Crippen LogP contribution in [0.3, 0.4) is 0 Å². The van der Waals surface area contributed by atoms with E-state index in [1.807, 2.05) is 0 Å². The molecule has 1 rings (SSSR count). The molecule has 100 valence electrons. The van der Waals surface area contributed by atoms with Crippen molar-refractivity contribution in [2.45, 2.75) is 32.2 Å². The van der Waals surface area contributed by atoms with E-state index < -0.39 is 5.91 Å². The quantitative estimate of drug-likeness (QED) is 0.572. The van der Waals surface area contributed by atoms with Crippen LogP contribution >= 0.6 is 0 Å². The number of primary amides is 1. The van der Waals surface area contributed by atoms with E-state index in [4.69, 9.17) is 15.9 Å². The number of aromatic nitrogens is 2. The van der Waals surface area contributed by atoms with E-state index >= 15 is 0 Å². The van der Waals surface area contributed by atoms with Crippen molar-refractivity contribution in [2.24, 2.45) is 11.5 Å². The lowest BCUT2D eigenvalue weighted by atomic mass is 10.1. The van der Waals surface area contributed by atoms with Crippen LogP contribution < -0.4 is 16.8 Å². The third-order valence-electron chi connectivity index (χ3n) is 2.18. The number of hydrogen-bond acceptors (Lipinski definition) is 6. The molecule has 0 radical (unpaired) electrons. The molecule has 18 heavy (non-hydrogen) atoms. The van der Waals surface area contributed by atoms with Crippen molar-refractivity contribution < 1.29 is 14.0 Å². The topological polar surface area (TPSA) is 137 Å². The van der Waals surface area contributed by atoms with Crippen molar-refractivity contribution in [3.05, 3.63) is 11.8 Å². The highest BCUT2D eigenvalue weighted by atomic mass is 16.4. The number of nitrogens with zero attached hydrogens (tertiary/aromatic N) is 2. The van der Waals surface area contributed by atoms with Gasteiger partial charge in [-0.25, -0.2) is 0 Å². The first-order chi connectivity index (χ1) is 8.52. The Morgan fingerprint density at radius 2 is 2.17 bits per heavy atom. The Morgan fingerprint density at radius 3 is 2.72 bits per heavy atom. The minimum Gasteiger partial charge on any atom is -0.422 e. The second-order valence-corrected chi connectivity index (χ2v) is 3.86. The van der Waals surface area contributed by atoms with Crippen LogP contribution in [0.15, 0.2) is 4.42 Å². The number of carbonyl (C=O) groups excluding carboxylic acids is 2. The van der Waals surface area contributed by atoms with Gasteiger partial charge in [-0.2, -0.15) is 0 Å². The van der Waals surface area contributed by atoms with E-state index in [0.29, 0.717) is 19.4 Å². The van der Waals surface area contributed by atoms with Crippen molar-refractivity contribution in [1.82, 2.24) is 15.5 Å². The van der Waals surface area contributed by atoms with Gasteiger partial charge in [0.15, 0.2) is 0 Å². The number of amides is 2. The Labute approximate surface area is 104 Å². The van der Waals surface area contributed by atoms with Gasteiger partial charge in [-0.15, -0.1) is 10.2 Å². The zero-order valence-electron chi connectivity index (χ0n) is 10.2. The second kappa shape index (κ2) is 6.70. The summed E-state index contributed by atoms with van der Waals surface area (Å²) in [4.78, 5) is 21.8. The van der Waals surface area contributed by atoms with E-state index in [-0.39, 0.29) is 30.2 Å². The molecule has 0 aliphatic heterocycles. The molecule has 1 heterocycles. The predicted octanol–water partition coefficient (Wildman–Crippen LogP) is -0.986. The summed E-state index contributed by atoms with van der Waals surface area (Å²) in [5, 5.41) is 10.2. The van der Waals surface area contributed by atoms with Crippen LogP contribution in [0.2, 0.25) is 0 Å². The lowest BCUT2D eigenvalue weighted by Gasteiger charge is -2.12. The first kappa shape index (κ1) is 14.1. The van der Waals surface area contributed by atoms with Crippen LogP contribution in [0, 0.1) is 0 Å². The van der Waals surface area contributed by atoms with E-state index in [1.54, 1.807) is 0 Å². The number of nitrogens with one attached hydrogen (secondary N) is 1. The molecular weight excluding hydrogens is 238 g/mol. The zero-order chi connectivity index (χ0) is 13.5. The molecule has 0 saturated heterocycles. The van der Waals surface area contributed by atoms with Crippen LogP contribution in [0.5, 0.6) is 0 Å². The van der Waals surface area contributed by atoms with E-state index in [1.165, 1.54) is 6.92 Å². The van der Waals surface area contributed by atoms with Gasteiger partial charge in [0.05, 0.1) is 0 Å². The maximum atomic E-state index is 11.1. The highest BCUT2D eigenvalue weighted by molar-refractivity contribution is 5.75. The fourth-order valence-corrected chi connectivity index (χ4v) is 1.45. The monoisotopic (exact) mass is 255 g/mol. The van der Waals surface area contributed by atoms with E-state index in [2.05, 4.69) is 15.5 Å². The van der Waals surface area contributed by atoms with Crippen molar-refractivity contribution in [3.63, 3.8) is 0 Å². The molecule has 5 N–H and O–H groups in total. The van der Waals surface area contributed by atoms with Crippen LogP contribution in [0.25, 0.3) is 0 Å². The first-order valence-electron chi connectivity index (χ1n) is 5.60. The summed E-state index contributed by atoms with van der Waals surface area (Å²) >= 11 is 0. The molecule has 0 aliphatic carbocycles. The van der Waals surface area contributed by atoms with Crippen molar-refractivity contribution in [3.8, 4) is 0 Å². The zero-order valence-corrected chi connectivity index (χ0v) is 10.2. The Hall–Kier alpha value is -1.96. The van der Waals surface area contributed by atoms with Crippen LogP contribution in [-0.4, -0.2) is 28.6 Å². The van der Waals surface area contributed by atoms with Crippen molar-refractivity contribution in [1.29, 1.82) is 0 Å². The molecule has 1 aromatic rings. The Bertz CT molecular complexity index is 417. The molecule has 0 spiro atoms. The Morgan fingerprint density at radius 1 is 1.44 bits per heavy atom. The van der Waals surface area contributed by atoms with Crippen LogP contribution in [-0.2, 0) is 16.0 Å². The number of nitrogens with two attached hydrogens (primary N) is 2. The molecule has 0 aliphatic rings. The van der Waals surface area contributed by atoms with E-state index in [0.717, 1.165) is 0 Å². The molecule has 8 nitrogen and oxygen atoms in total. The SMILES string of the molecule is CC(=O)N[C@@H](CCCN)c1nnc(CC(N)=O)o1. The highest BCUT2D eigenvalue weighted by Crippen LogP contribution is 2.17. The summed E-state index contributed by atoms with van der Waals surface area (Å²) in [6.45, 7) is 1.90. The molecular formula is C10H17N5O3. The van der Waals surface area contributed by atoms with Crippen LogP contribution in [0.4, 0.5) is 0 Å². The number of carbonyl (C=O) groups is 2. The summed E-state index contributed by atoms with van der Waals surface area (Å²) in [6, 6.07) is -0.389. The third kappa shape index (κ3) is 4.50. The predicted molar refractivity (Wildman–Crippen MR) is 62.0 cm³/mol. The van der Waals surface area contributed by atoms with Gasteiger partial charge in [0.1, 0.15) is 12.5 Å². The molecule has 0 unspecified atom stereocenters. The smallest absolute Gasteiger partial charge is 0.238 e. The average molecular weight is 255 g/mol. The van der Waals surface area contributed by atoms with Crippen molar-refractivity contribution in [2.75, 3.05) is 6.54 Å². The minimum atomic E-state index is -0.553. The number of rotatable bonds is 7. The summed E-state index contributed by atoms with van der Waals surface area (Å²) < 4.78 is 5.28. The summed E-state index contributed by atoms with van der Waals surface area (Å²) in [7, 11) is 0. The normalized spacial score (nSPS) is 12.1. The van der Waals surface area contributed by atoms with Crippen molar-refractivity contribution >= 4 is 11.8 Å². The highest BCUT2D eigenvalue weighted by Gasteiger charge is 2.19. The molecule has 8 heteroatoms. The molecule has 0 aromatic carbocycles. The standard InChI is InChI=1S/C10H17N5O3/c1-6(16)13-7(3-2-4-11)10-15-14-9(18-10)5-8(12)17/h7H,2-5,11H2,1H3,(H2,12,17)(H,13,16)/t7-/m0/s1. The fraction of sp³-hybridized carbons (Fsp3) is 0.600. The average Bonchev–Trinajstić information content (AvgIpc) is 2.71. The van der Waals surface area contributed by atoms with Gasteiger partial charge in [0.25, 0.3) is 0 Å². The summed E-state index contributed by atoms with van der Waals surface area (Å²) in [5.74, 6) is -0.356. The number of hydrogen-bond donors (Lipinski definition) is 3.